The molecule has 1 aliphatic heterocycles. The highest BCUT2D eigenvalue weighted by atomic mass is 79.9. The zero-order valence-electron chi connectivity index (χ0n) is 18.7. The van der Waals surface area contributed by atoms with Crippen LogP contribution in [0.15, 0.2) is 75.6 Å². The Morgan fingerprint density at radius 2 is 1.97 bits per heavy atom. The Morgan fingerprint density at radius 1 is 1.21 bits per heavy atom. The summed E-state index contributed by atoms with van der Waals surface area (Å²) in [7, 11) is 0. The summed E-state index contributed by atoms with van der Waals surface area (Å²) in [5.41, 5.74) is 3.14. The normalized spacial score (nSPS) is 20.2. The van der Waals surface area contributed by atoms with Crippen molar-refractivity contribution in [2.75, 3.05) is 4.90 Å². The first-order valence-electron chi connectivity index (χ1n) is 10.8. The number of thiophene rings is 1. The molecular weight excluding hydrogens is 496 g/mol. The molecule has 5 rings (SSSR count). The predicted molar refractivity (Wildman–Crippen MR) is 135 cm³/mol. The fourth-order valence-corrected chi connectivity index (χ4v) is 6.16. The summed E-state index contributed by atoms with van der Waals surface area (Å²) in [6, 6.07) is 12.3. The van der Waals surface area contributed by atoms with Crippen molar-refractivity contribution in [3.05, 3.63) is 86.1 Å². The summed E-state index contributed by atoms with van der Waals surface area (Å²) < 4.78 is 2.84. The third-order valence-electron chi connectivity index (χ3n) is 6.27. The minimum Gasteiger partial charge on any atom is -0.309 e. The molecule has 0 saturated heterocycles. The number of aromatic nitrogens is 2. The number of ketones is 1. The highest BCUT2D eigenvalue weighted by Crippen LogP contribution is 2.52. The molecule has 4 heterocycles. The third kappa shape index (κ3) is 3.68. The van der Waals surface area contributed by atoms with E-state index in [1.165, 1.54) is 0 Å². The van der Waals surface area contributed by atoms with Crippen LogP contribution in [0, 0.1) is 23.7 Å². The van der Waals surface area contributed by atoms with Gasteiger partial charge in [-0.3, -0.25) is 9.69 Å². The summed E-state index contributed by atoms with van der Waals surface area (Å²) in [5.74, 6) is 1.16. The summed E-state index contributed by atoms with van der Waals surface area (Å²) in [6.07, 6.45) is 6.82. The first-order chi connectivity index (χ1) is 15.8. The van der Waals surface area contributed by atoms with E-state index >= 15 is 0 Å². The number of anilines is 1. The van der Waals surface area contributed by atoms with Gasteiger partial charge >= 0.3 is 0 Å². The first-order valence-corrected chi connectivity index (χ1v) is 12.5. The SMILES string of the molecule is Cc1ccsc1[C@@H]1C(C#N)=C(n2cccc2)N(c2ccc(Br)cn2)C2=C1C(=O)CC(C)(C)C2. The van der Waals surface area contributed by atoms with Crippen molar-refractivity contribution < 1.29 is 4.79 Å². The standard InChI is InChI=1S/C26H23BrN4OS/c1-16-8-11-33-24(16)22-18(14-28)25(30-9-4-5-10-30)31(21-7-6-17(27)15-29-21)19-12-26(2,3)13-20(32)23(19)22/h4-11,15,22H,12-13H2,1-3H3/t22-/m1/s1. The Morgan fingerprint density at radius 3 is 2.58 bits per heavy atom. The Labute approximate surface area is 205 Å². The second kappa shape index (κ2) is 8.12. The van der Waals surface area contributed by atoms with Gasteiger partial charge in [0.25, 0.3) is 0 Å². The minimum absolute atomic E-state index is 0.112. The molecule has 0 bridgehead atoms. The van der Waals surface area contributed by atoms with Gasteiger partial charge in [0.1, 0.15) is 11.6 Å². The molecule has 0 amide bonds. The van der Waals surface area contributed by atoms with E-state index < -0.39 is 0 Å². The van der Waals surface area contributed by atoms with Gasteiger partial charge < -0.3 is 4.57 Å². The van der Waals surface area contributed by atoms with Gasteiger partial charge in [-0.15, -0.1) is 11.3 Å². The summed E-state index contributed by atoms with van der Waals surface area (Å²) in [5, 5.41) is 12.5. The molecule has 3 aromatic heterocycles. The number of hydrogen-bond acceptors (Lipinski definition) is 5. The molecule has 5 nitrogen and oxygen atoms in total. The molecule has 0 fully saturated rings. The van der Waals surface area contributed by atoms with Gasteiger partial charge in [-0.1, -0.05) is 13.8 Å². The van der Waals surface area contributed by atoms with Crippen LogP contribution in [-0.4, -0.2) is 15.3 Å². The van der Waals surface area contributed by atoms with Crippen LogP contribution in [0.3, 0.4) is 0 Å². The molecule has 1 atom stereocenters. The van der Waals surface area contributed by atoms with Crippen molar-refractivity contribution in [1.82, 2.24) is 9.55 Å². The van der Waals surface area contributed by atoms with E-state index in [4.69, 9.17) is 0 Å². The van der Waals surface area contributed by atoms with Gasteiger partial charge in [-0.25, -0.2) is 4.98 Å². The maximum Gasteiger partial charge on any atom is 0.162 e. The monoisotopic (exact) mass is 518 g/mol. The van der Waals surface area contributed by atoms with E-state index in [1.807, 2.05) is 51.5 Å². The molecule has 0 aromatic carbocycles. The molecule has 33 heavy (non-hydrogen) atoms. The van der Waals surface area contributed by atoms with Gasteiger partial charge in [-0.05, 0) is 76.0 Å². The molecule has 2 aliphatic rings. The van der Waals surface area contributed by atoms with Crippen molar-refractivity contribution >= 4 is 44.7 Å². The van der Waals surface area contributed by atoms with Crippen LogP contribution in [0.4, 0.5) is 5.82 Å². The van der Waals surface area contributed by atoms with Crippen LogP contribution < -0.4 is 4.90 Å². The van der Waals surface area contributed by atoms with E-state index in [1.54, 1.807) is 17.5 Å². The molecule has 0 spiro atoms. The van der Waals surface area contributed by atoms with Gasteiger partial charge in [-0.2, -0.15) is 5.26 Å². The number of nitriles is 1. The quantitative estimate of drug-likeness (QED) is 0.389. The first kappa shape index (κ1) is 21.9. The van der Waals surface area contributed by atoms with Gasteiger partial charge in [0.2, 0.25) is 0 Å². The molecule has 1 aliphatic carbocycles. The summed E-state index contributed by atoms with van der Waals surface area (Å²) in [4.78, 5) is 21.5. The number of aryl methyl sites for hydroxylation is 1. The largest absolute Gasteiger partial charge is 0.309 e. The predicted octanol–water partition coefficient (Wildman–Crippen LogP) is 6.65. The van der Waals surface area contributed by atoms with Crippen LogP contribution in [0.2, 0.25) is 0 Å². The molecule has 0 radical (unpaired) electrons. The fraction of sp³-hybridized carbons (Fsp3) is 0.269. The fourth-order valence-electron chi connectivity index (χ4n) is 4.88. The van der Waals surface area contributed by atoms with Crippen molar-refractivity contribution in [3.63, 3.8) is 0 Å². The van der Waals surface area contributed by atoms with Crippen LogP contribution in [0.25, 0.3) is 5.82 Å². The molecule has 7 heteroatoms. The zero-order valence-corrected chi connectivity index (χ0v) is 21.1. The van der Waals surface area contributed by atoms with E-state index in [0.29, 0.717) is 17.8 Å². The maximum absolute atomic E-state index is 13.7. The Kier molecular flexibility index (Phi) is 5.38. The lowest BCUT2D eigenvalue weighted by atomic mass is 9.69. The van der Waals surface area contributed by atoms with Gasteiger partial charge in [0, 0.05) is 45.6 Å². The number of carbonyl (C=O) groups excluding carboxylic acids is 1. The van der Waals surface area contributed by atoms with Crippen molar-refractivity contribution in [2.24, 2.45) is 5.41 Å². The molecule has 166 valence electrons. The second-order valence-electron chi connectivity index (χ2n) is 9.31. The number of pyridine rings is 1. The second-order valence-corrected chi connectivity index (χ2v) is 11.2. The highest BCUT2D eigenvalue weighted by molar-refractivity contribution is 9.10. The number of Topliss-reactive ketones (excluding diaryl/α,β-unsaturated/α-hetero) is 1. The lowest BCUT2D eigenvalue weighted by Gasteiger charge is -2.44. The number of rotatable bonds is 3. The van der Waals surface area contributed by atoms with E-state index in [2.05, 4.69) is 53.8 Å². The minimum atomic E-state index is -0.377. The summed E-state index contributed by atoms with van der Waals surface area (Å²) in [6.45, 7) is 6.31. The third-order valence-corrected chi connectivity index (χ3v) is 7.82. The zero-order chi connectivity index (χ0) is 23.3. The van der Waals surface area contributed by atoms with Crippen LogP contribution >= 0.6 is 27.3 Å². The van der Waals surface area contributed by atoms with Gasteiger partial charge in [0.05, 0.1) is 17.6 Å². The van der Waals surface area contributed by atoms with Crippen molar-refractivity contribution in [2.45, 2.75) is 39.5 Å². The van der Waals surface area contributed by atoms with Crippen LogP contribution in [0.5, 0.6) is 0 Å². The van der Waals surface area contributed by atoms with E-state index in [-0.39, 0.29) is 17.1 Å². The number of nitrogens with zero attached hydrogens (tertiary/aromatic N) is 4. The topological polar surface area (TPSA) is 61.9 Å². The smallest absolute Gasteiger partial charge is 0.162 e. The van der Waals surface area contributed by atoms with Crippen molar-refractivity contribution in [3.8, 4) is 6.07 Å². The molecule has 0 N–H and O–H groups in total. The number of halogens is 1. The lowest BCUT2D eigenvalue weighted by Crippen LogP contribution is -2.40. The molecule has 0 unspecified atom stereocenters. The number of hydrogen-bond donors (Lipinski definition) is 0. The Balaban J connectivity index is 1.87. The van der Waals surface area contributed by atoms with E-state index in [0.717, 1.165) is 38.4 Å². The average Bonchev–Trinajstić information content (AvgIpc) is 3.44. The van der Waals surface area contributed by atoms with Gasteiger partial charge in [0.15, 0.2) is 5.78 Å². The number of carbonyl (C=O) groups is 1. The van der Waals surface area contributed by atoms with E-state index in [9.17, 15) is 10.1 Å². The average molecular weight is 519 g/mol. The van der Waals surface area contributed by atoms with Crippen LogP contribution in [0.1, 0.15) is 43.0 Å². The molecule has 0 saturated carbocycles. The van der Waals surface area contributed by atoms with Crippen LogP contribution in [-0.2, 0) is 4.79 Å². The Bertz CT molecular complexity index is 1340. The Hall–Kier alpha value is -2.95. The highest BCUT2D eigenvalue weighted by Gasteiger charge is 2.46. The number of allylic oxidation sites excluding steroid dienone is 3. The molecular formula is C26H23BrN4OS. The molecule has 3 aromatic rings. The van der Waals surface area contributed by atoms with Crippen molar-refractivity contribution in [1.29, 1.82) is 5.26 Å². The maximum atomic E-state index is 13.7. The lowest BCUT2D eigenvalue weighted by molar-refractivity contribution is -0.118. The summed E-state index contributed by atoms with van der Waals surface area (Å²) >= 11 is 5.08.